The molecule has 3 amide bonds. The second-order valence-corrected chi connectivity index (χ2v) is 5.76. The standard InChI is InChI=1S/C13H23N3O5/c1-13(21,11(18)19)8-14-10(17)9-5-4-6-16(7-9)12(20)15(2)3/h9,21H,4-8H2,1-3H3,(H,14,17)(H,18,19). The van der Waals surface area contributed by atoms with Gasteiger partial charge in [-0.1, -0.05) is 0 Å². The lowest BCUT2D eigenvalue weighted by molar-refractivity contribution is -0.156. The van der Waals surface area contributed by atoms with E-state index in [9.17, 15) is 19.5 Å². The van der Waals surface area contributed by atoms with Crippen molar-refractivity contribution >= 4 is 17.9 Å². The van der Waals surface area contributed by atoms with E-state index in [2.05, 4.69) is 5.32 Å². The molecule has 1 aliphatic rings. The Balaban J connectivity index is 2.55. The Morgan fingerprint density at radius 3 is 2.52 bits per heavy atom. The highest BCUT2D eigenvalue weighted by Gasteiger charge is 2.33. The largest absolute Gasteiger partial charge is 0.479 e. The van der Waals surface area contributed by atoms with Gasteiger partial charge in [-0.2, -0.15) is 0 Å². The first-order valence-electron chi connectivity index (χ1n) is 6.85. The molecule has 1 fully saturated rings. The summed E-state index contributed by atoms with van der Waals surface area (Å²) in [4.78, 5) is 37.7. The van der Waals surface area contributed by atoms with Crippen LogP contribution in [0.15, 0.2) is 0 Å². The summed E-state index contributed by atoms with van der Waals surface area (Å²) < 4.78 is 0. The Kier molecular flexibility index (Phi) is 5.54. The van der Waals surface area contributed by atoms with Gasteiger partial charge in [0.25, 0.3) is 0 Å². The van der Waals surface area contributed by atoms with Crippen LogP contribution in [0.1, 0.15) is 19.8 Å². The van der Waals surface area contributed by atoms with Crippen LogP contribution in [0.4, 0.5) is 4.79 Å². The number of carbonyl (C=O) groups is 3. The zero-order chi connectivity index (χ0) is 16.2. The summed E-state index contributed by atoms with van der Waals surface area (Å²) >= 11 is 0. The maximum atomic E-state index is 12.0. The second kappa shape index (κ2) is 6.75. The van der Waals surface area contributed by atoms with Crippen LogP contribution in [-0.2, 0) is 9.59 Å². The number of aliphatic hydroxyl groups is 1. The Hall–Kier alpha value is -1.83. The molecule has 0 aromatic carbocycles. The van der Waals surface area contributed by atoms with Crippen LogP contribution in [0.3, 0.4) is 0 Å². The van der Waals surface area contributed by atoms with E-state index in [4.69, 9.17) is 5.11 Å². The number of aliphatic carboxylic acids is 1. The molecule has 2 atom stereocenters. The molecule has 1 saturated heterocycles. The Labute approximate surface area is 123 Å². The monoisotopic (exact) mass is 301 g/mol. The van der Waals surface area contributed by atoms with Gasteiger partial charge in [-0.3, -0.25) is 4.79 Å². The van der Waals surface area contributed by atoms with Crippen LogP contribution >= 0.6 is 0 Å². The number of amides is 3. The Bertz CT molecular complexity index is 422. The summed E-state index contributed by atoms with van der Waals surface area (Å²) in [5, 5.41) is 20.8. The maximum Gasteiger partial charge on any atom is 0.337 e. The third-order valence-corrected chi connectivity index (χ3v) is 3.51. The van der Waals surface area contributed by atoms with Crippen molar-refractivity contribution in [1.82, 2.24) is 15.1 Å². The molecule has 0 saturated carbocycles. The number of hydrogen-bond acceptors (Lipinski definition) is 4. The second-order valence-electron chi connectivity index (χ2n) is 5.76. The van der Waals surface area contributed by atoms with E-state index in [-0.39, 0.29) is 24.4 Å². The lowest BCUT2D eigenvalue weighted by atomic mass is 9.97. The highest BCUT2D eigenvalue weighted by molar-refractivity contribution is 5.82. The van der Waals surface area contributed by atoms with Crippen molar-refractivity contribution in [1.29, 1.82) is 0 Å². The van der Waals surface area contributed by atoms with Crippen LogP contribution in [0.25, 0.3) is 0 Å². The van der Waals surface area contributed by atoms with E-state index in [1.54, 1.807) is 19.0 Å². The first-order chi connectivity index (χ1) is 9.65. The van der Waals surface area contributed by atoms with Gasteiger partial charge in [-0.25, -0.2) is 9.59 Å². The van der Waals surface area contributed by atoms with Crippen molar-refractivity contribution < 1.29 is 24.6 Å². The van der Waals surface area contributed by atoms with Gasteiger partial charge in [0, 0.05) is 27.2 Å². The minimum atomic E-state index is -2.00. The molecule has 2 unspecified atom stereocenters. The number of carbonyl (C=O) groups excluding carboxylic acids is 2. The van der Waals surface area contributed by atoms with Crippen LogP contribution in [-0.4, -0.2) is 77.3 Å². The highest BCUT2D eigenvalue weighted by atomic mass is 16.4. The summed E-state index contributed by atoms with van der Waals surface area (Å²) in [6.45, 7) is 1.67. The Morgan fingerprint density at radius 2 is 2.00 bits per heavy atom. The molecule has 1 aliphatic heterocycles. The lowest BCUT2D eigenvalue weighted by Gasteiger charge is -2.34. The third kappa shape index (κ3) is 4.59. The van der Waals surface area contributed by atoms with Gasteiger partial charge in [0.2, 0.25) is 5.91 Å². The van der Waals surface area contributed by atoms with Gasteiger partial charge in [-0.05, 0) is 19.8 Å². The fraction of sp³-hybridized carbons (Fsp3) is 0.769. The summed E-state index contributed by atoms with van der Waals surface area (Å²) in [5.74, 6) is -2.11. The summed E-state index contributed by atoms with van der Waals surface area (Å²) in [5.41, 5.74) is -2.00. The first-order valence-corrected chi connectivity index (χ1v) is 6.85. The lowest BCUT2D eigenvalue weighted by Crippen LogP contribution is -2.51. The van der Waals surface area contributed by atoms with E-state index in [1.165, 1.54) is 4.90 Å². The van der Waals surface area contributed by atoms with Crippen molar-refractivity contribution in [3.63, 3.8) is 0 Å². The number of rotatable bonds is 4. The summed E-state index contributed by atoms with van der Waals surface area (Å²) in [6.07, 6.45) is 1.35. The van der Waals surface area contributed by atoms with Gasteiger partial charge in [0.15, 0.2) is 5.60 Å². The van der Waals surface area contributed by atoms with E-state index in [0.717, 1.165) is 6.92 Å². The number of nitrogens with zero attached hydrogens (tertiary/aromatic N) is 2. The van der Waals surface area contributed by atoms with Crippen molar-refractivity contribution in [3.05, 3.63) is 0 Å². The molecule has 0 spiro atoms. The quantitative estimate of drug-likeness (QED) is 0.638. The number of likely N-dealkylation sites (tertiary alicyclic amines) is 1. The van der Waals surface area contributed by atoms with Crippen LogP contribution in [0.2, 0.25) is 0 Å². The SMILES string of the molecule is CN(C)C(=O)N1CCCC(C(=O)NCC(C)(O)C(=O)O)C1. The average Bonchev–Trinajstić information content (AvgIpc) is 2.43. The fourth-order valence-corrected chi connectivity index (χ4v) is 2.13. The molecular formula is C13H23N3O5. The zero-order valence-electron chi connectivity index (χ0n) is 12.6. The number of carboxylic acids is 1. The van der Waals surface area contributed by atoms with Gasteiger partial charge in [0.05, 0.1) is 12.5 Å². The number of nitrogens with one attached hydrogen (secondary N) is 1. The van der Waals surface area contributed by atoms with Gasteiger partial charge in [-0.15, -0.1) is 0 Å². The minimum absolute atomic E-state index is 0.148. The molecule has 0 aromatic heterocycles. The molecular weight excluding hydrogens is 278 g/mol. The van der Waals surface area contributed by atoms with Gasteiger partial charge < -0.3 is 25.3 Å². The molecule has 1 heterocycles. The summed E-state index contributed by atoms with van der Waals surface area (Å²) in [6, 6.07) is -0.148. The third-order valence-electron chi connectivity index (χ3n) is 3.51. The first kappa shape index (κ1) is 17.2. The molecule has 8 nitrogen and oxygen atoms in total. The smallest absolute Gasteiger partial charge is 0.337 e. The van der Waals surface area contributed by atoms with E-state index in [1.807, 2.05) is 0 Å². The maximum absolute atomic E-state index is 12.0. The van der Waals surface area contributed by atoms with E-state index < -0.39 is 11.6 Å². The molecule has 0 aliphatic carbocycles. The minimum Gasteiger partial charge on any atom is -0.479 e. The molecule has 3 N–H and O–H groups in total. The number of urea groups is 1. The van der Waals surface area contributed by atoms with Crippen molar-refractivity contribution in [2.75, 3.05) is 33.7 Å². The van der Waals surface area contributed by atoms with Gasteiger partial charge >= 0.3 is 12.0 Å². The molecule has 21 heavy (non-hydrogen) atoms. The zero-order valence-corrected chi connectivity index (χ0v) is 12.6. The fourth-order valence-electron chi connectivity index (χ4n) is 2.13. The molecule has 1 rings (SSSR count). The summed E-state index contributed by atoms with van der Waals surface area (Å²) in [7, 11) is 3.30. The molecule has 0 radical (unpaired) electrons. The van der Waals surface area contributed by atoms with E-state index in [0.29, 0.717) is 25.9 Å². The van der Waals surface area contributed by atoms with Gasteiger partial charge in [0.1, 0.15) is 0 Å². The highest BCUT2D eigenvalue weighted by Crippen LogP contribution is 2.17. The topological polar surface area (TPSA) is 110 Å². The molecule has 120 valence electrons. The van der Waals surface area contributed by atoms with Crippen molar-refractivity contribution in [2.45, 2.75) is 25.4 Å². The molecule has 8 heteroatoms. The number of piperidine rings is 1. The average molecular weight is 301 g/mol. The normalized spacial score (nSPS) is 21.3. The van der Waals surface area contributed by atoms with Crippen LogP contribution < -0.4 is 5.32 Å². The van der Waals surface area contributed by atoms with Crippen LogP contribution in [0.5, 0.6) is 0 Å². The van der Waals surface area contributed by atoms with Crippen molar-refractivity contribution in [3.8, 4) is 0 Å². The Morgan fingerprint density at radius 1 is 1.38 bits per heavy atom. The predicted molar refractivity (Wildman–Crippen MR) is 74.6 cm³/mol. The van der Waals surface area contributed by atoms with E-state index >= 15 is 0 Å². The predicted octanol–water partition coefficient (Wildman–Crippen LogP) is -0.668. The van der Waals surface area contributed by atoms with Crippen molar-refractivity contribution in [2.24, 2.45) is 5.92 Å². The molecule has 0 aromatic rings. The number of carboxylic acid groups (broad SMARTS) is 1. The number of hydrogen-bond donors (Lipinski definition) is 3. The van der Waals surface area contributed by atoms with Crippen LogP contribution in [0, 0.1) is 5.92 Å². The molecule has 0 bridgehead atoms.